The van der Waals surface area contributed by atoms with Gasteiger partial charge in [0.15, 0.2) is 0 Å². The number of thiophene rings is 1. The van der Waals surface area contributed by atoms with E-state index < -0.39 is 0 Å². The van der Waals surface area contributed by atoms with Crippen LogP contribution in [0, 0.1) is 12.3 Å². The number of hydrogen-bond acceptors (Lipinski definition) is 4. The van der Waals surface area contributed by atoms with Crippen LogP contribution < -0.4 is 11.3 Å². The summed E-state index contributed by atoms with van der Waals surface area (Å²) in [6.07, 6.45) is 0.0609. The molecule has 1 aromatic rings. The lowest BCUT2D eigenvalue weighted by molar-refractivity contribution is -0.0367. The number of hydrogen-bond donors (Lipinski definition) is 2. The molecule has 0 spiro atoms. The Bertz CT molecular complexity index is 343. The van der Waals surface area contributed by atoms with E-state index in [-0.39, 0.29) is 17.6 Å². The molecule has 2 atom stereocenters. The fourth-order valence-corrected chi connectivity index (χ4v) is 2.83. The Morgan fingerprint density at radius 2 is 2.12 bits per heavy atom. The minimum absolute atomic E-state index is 0.0428. The average molecular weight is 256 g/mol. The molecular formula is C13H24N2OS. The van der Waals surface area contributed by atoms with Gasteiger partial charge in [-0.2, -0.15) is 0 Å². The summed E-state index contributed by atoms with van der Waals surface area (Å²) in [5.74, 6) is 5.74. The van der Waals surface area contributed by atoms with Crippen LogP contribution in [-0.2, 0) is 4.74 Å². The van der Waals surface area contributed by atoms with E-state index >= 15 is 0 Å². The summed E-state index contributed by atoms with van der Waals surface area (Å²) in [5, 5.41) is 2.10. The van der Waals surface area contributed by atoms with Crippen LogP contribution in [0.4, 0.5) is 0 Å². The number of hydrazine groups is 1. The fourth-order valence-electron chi connectivity index (χ4n) is 2.08. The third-order valence-electron chi connectivity index (χ3n) is 2.92. The molecule has 0 bridgehead atoms. The van der Waals surface area contributed by atoms with Crippen molar-refractivity contribution in [3.63, 3.8) is 0 Å². The van der Waals surface area contributed by atoms with E-state index in [1.165, 1.54) is 10.4 Å². The summed E-state index contributed by atoms with van der Waals surface area (Å²) in [5.41, 5.74) is 4.20. The van der Waals surface area contributed by atoms with Gasteiger partial charge in [0.25, 0.3) is 0 Å². The highest BCUT2D eigenvalue weighted by Crippen LogP contribution is 2.35. The zero-order chi connectivity index (χ0) is 13.1. The Labute approximate surface area is 108 Å². The lowest BCUT2D eigenvalue weighted by Crippen LogP contribution is -2.44. The molecule has 1 aromatic heterocycles. The number of nitrogens with one attached hydrogen (secondary N) is 1. The van der Waals surface area contributed by atoms with E-state index in [1.54, 1.807) is 11.3 Å². The van der Waals surface area contributed by atoms with Crippen molar-refractivity contribution in [3.05, 3.63) is 21.9 Å². The third-order valence-corrected chi connectivity index (χ3v) is 3.78. The molecule has 0 aromatic carbocycles. The Hall–Kier alpha value is -0.420. The normalized spacial score (nSPS) is 15.9. The zero-order valence-electron chi connectivity index (χ0n) is 11.4. The van der Waals surface area contributed by atoms with Crippen LogP contribution in [0.15, 0.2) is 11.4 Å². The first kappa shape index (κ1) is 14.6. The summed E-state index contributed by atoms with van der Waals surface area (Å²) in [4.78, 5) is 1.29. The molecule has 17 heavy (non-hydrogen) atoms. The smallest absolute Gasteiger partial charge is 0.0831 e. The molecule has 1 heterocycles. The lowest BCUT2D eigenvalue weighted by Gasteiger charge is -2.36. The number of ether oxygens (including phenoxy) is 1. The highest BCUT2D eigenvalue weighted by atomic mass is 32.1. The van der Waals surface area contributed by atoms with Gasteiger partial charge < -0.3 is 4.74 Å². The summed E-state index contributed by atoms with van der Waals surface area (Å²) < 4.78 is 5.90. The van der Waals surface area contributed by atoms with Gasteiger partial charge in [0, 0.05) is 11.5 Å². The maximum atomic E-state index is 5.90. The SMILES string of the molecule is CCOC(C(NN)c1ccsc1C)C(C)(C)C. The van der Waals surface area contributed by atoms with Crippen LogP contribution in [0.1, 0.15) is 44.2 Å². The van der Waals surface area contributed by atoms with E-state index in [0.29, 0.717) is 6.61 Å². The first-order valence-electron chi connectivity index (χ1n) is 6.03. The minimum Gasteiger partial charge on any atom is -0.376 e. The summed E-state index contributed by atoms with van der Waals surface area (Å²) >= 11 is 1.74. The average Bonchev–Trinajstić information content (AvgIpc) is 2.63. The van der Waals surface area contributed by atoms with Crippen molar-refractivity contribution >= 4 is 11.3 Å². The molecule has 0 radical (unpaired) electrons. The van der Waals surface area contributed by atoms with E-state index in [4.69, 9.17) is 10.6 Å². The van der Waals surface area contributed by atoms with Gasteiger partial charge in [-0.15, -0.1) is 11.3 Å². The van der Waals surface area contributed by atoms with Crippen molar-refractivity contribution in [1.29, 1.82) is 0 Å². The van der Waals surface area contributed by atoms with Gasteiger partial charge in [0.05, 0.1) is 12.1 Å². The fraction of sp³-hybridized carbons (Fsp3) is 0.692. The molecule has 0 aliphatic carbocycles. The van der Waals surface area contributed by atoms with Crippen molar-refractivity contribution < 1.29 is 4.74 Å². The van der Waals surface area contributed by atoms with E-state index in [2.05, 4.69) is 44.6 Å². The summed E-state index contributed by atoms with van der Waals surface area (Å²) in [7, 11) is 0. The highest BCUT2D eigenvalue weighted by Gasteiger charge is 2.34. The molecule has 0 saturated carbocycles. The molecule has 0 fully saturated rings. The third kappa shape index (κ3) is 3.52. The van der Waals surface area contributed by atoms with Crippen molar-refractivity contribution in [3.8, 4) is 0 Å². The number of nitrogens with two attached hydrogens (primary N) is 1. The van der Waals surface area contributed by atoms with Gasteiger partial charge in [0.1, 0.15) is 0 Å². The van der Waals surface area contributed by atoms with Crippen molar-refractivity contribution in [2.75, 3.05) is 6.61 Å². The summed E-state index contributed by atoms with van der Waals surface area (Å²) in [6.45, 7) is 11.4. The molecule has 3 N–H and O–H groups in total. The molecule has 0 amide bonds. The van der Waals surface area contributed by atoms with Crippen LogP contribution in [0.3, 0.4) is 0 Å². The standard InChI is InChI=1S/C13H24N2OS/c1-6-16-12(13(3,4)5)11(15-14)10-7-8-17-9(10)2/h7-8,11-12,15H,6,14H2,1-5H3. The quantitative estimate of drug-likeness (QED) is 0.629. The second-order valence-electron chi connectivity index (χ2n) is 5.32. The monoisotopic (exact) mass is 256 g/mol. The van der Waals surface area contributed by atoms with Gasteiger partial charge in [-0.05, 0) is 36.3 Å². The maximum absolute atomic E-state index is 5.90. The Morgan fingerprint density at radius 3 is 2.47 bits per heavy atom. The highest BCUT2D eigenvalue weighted by molar-refractivity contribution is 7.10. The predicted octanol–water partition coefficient (Wildman–Crippen LogP) is 3.01. The second-order valence-corrected chi connectivity index (χ2v) is 6.44. The van der Waals surface area contributed by atoms with Gasteiger partial charge in [-0.3, -0.25) is 11.3 Å². The summed E-state index contributed by atoms with van der Waals surface area (Å²) in [6, 6.07) is 2.17. The molecule has 0 aliphatic heterocycles. The van der Waals surface area contributed by atoms with Crippen molar-refractivity contribution in [2.24, 2.45) is 11.3 Å². The second kappa shape index (κ2) is 5.96. The molecule has 3 nitrogen and oxygen atoms in total. The van der Waals surface area contributed by atoms with Crippen molar-refractivity contribution in [1.82, 2.24) is 5.43 Å². The Morgan fingerprint density at radius 1 is 1.47 bits per heavy atom. The van der Waals surface area contributed by atoms with Gasteiger partial charge in [-0.1, -0.05) is 20.8 Å². The maximum Gasteiger partial charge on any atom is 0.0831 e. The largest absolute Gasteiger partial charge is 0.376 e. The van der Waals surface area contributed by atoms with E-state index in [9.17, 15) is 0 Å². The Kier molecular flexibility index (Phi) is 5.13. The van der Waals surface area contributed by atoms with Gasteiger partial charge >= 0.3 is 0 Å². The predicted molar refractivity (Wildman–Crippen MR) is 74.0 cm³/mol. The van der Waals surface area contributed by atoms with E-state index in [1.807, 2.05) is 6.92 Å². The molecule has 0 aliphatic rings. The van der Waals surface area contributed by atoms with Crippen LogP contribution >= 0.6 is 11.3 Å². The molecule has 98 valence electrons. The van der Waals surface area contributed by atoms with E-state index in [0.717, 1.165) is 0 Å². The number of rotatable bonds is 5. The topological polar surface area (TPSA) is 47.3 Å². The molecule has 1 rings (SSSR count). The van der Waals surface area contributed by atoms with Crippen molar-refractivity contribution in [2.45, 2.75) is 46.8 Å². The Balaban J connectivity index is 3.02. The van der Waals surface area contributed by atoms with Gasteiger partial charge in [-0.25, -0.2) is 0 Å². The minimum atomic E-state index is 0.0428. The zero-order valence-corrected chi connectivity index (χ0v) is 12.2. The number of aryl methyl sites for hydroxylation is 1. The van der Waals surface area contributed by atoms with Crippen LogP contribution in [0.2, 0.25) is 0 Å². The first-order chi connectivity index (χ1) is 7.91. The molecule has 4 heteroatoms. The first-order valence-corrected chi connectivity index (χ1v) is 6.91. The molecule has 0 saturated heterocycles. The van der Waals surface area contributed by atoms with Crippen LogP contribution in [0.25, 0.3) is 0 Å². The van der Waals surface area contributed by atoms with Crippen LogP contribution in [-0.4, -0.2) is 12.7 Å². The molecular weight excluding hydrogens is 232 g/mol. The van der Waals surface area contributed by atoms with Gasteiger partial charge in [0.2, 0.25) is 0 Å². The van der Waals surface area contributed by atoms with Crippen LogP contribution in [0.5, 0.6) is 0 Å². The molecule has 2 unspecified atom stereocenters. The lowest BCUT2D eigenvalue weighted by atomic mass is 9.82.